The van der Waals surface area contributed by atoms with Crippen molar-refractivity contribution in [3.63, 3.8) is 0 Å². The largest absolute Gasteiger partial charge is 0.371 e. The highest BCUT2D eigenvalue weighted by molar-refractivity contribution is 5.20. The second-order valence-corrected chi connectivity index (χ2v) is 7.00. The van der Waals surface area contributed by atoms with Crippen molar-refractivity contribution in [1.82, 2.24) is 15.0 Å². The van der Waals surface area contributed by atoms with E-state index in [4.69, 9.17) is 9.26 Å². The number of nitrogens with zero attached hydrogens (tertiary/aromatic N) is 3. The van der Waals surface area contributed by atoms with E-state index in [1.807, 2.05) is 6.07 Å². The number of rotatable bonds is 4. The zero-order chi connectivity index (χ0) is 17.1. The van der Waals surface area contributed by atoms with Gasteiger partial charge in [-0.3, -0.25) is 4.90 Å². The van der Waals surface area contributed by atoms with Gasteiger partial charge in [0.1, 0.15) is 5.82 Å². The predicted octanol–water partition coefficient (Wildman–Crippen LogP) is 3.83. The van der Waals surface area contributed by atoms with Crippen LogP contribution in [0, 0.1) is 5.82 Å². The molecular formula is C19H24FN3O2. The van der Waals surface area contributed by atoms with Gasteiger partial charge < -0.3 is 9.26 Å². The number of morpholine rings is 1. The molecule has 0 amide bonds. The van der Waals surface area contributed by atoms with E-state index in [-0.39, 0.29) is 11.9 Å². The van der Waals surface area contributed by atoms with Crippen LogP contribution in [-0.4, -0.2) is 34.7 Å². The fraction of sp³-hybridized carbons (Fsp3) is 0.579. The summed E-state index contributed by atoms with van der Waals surface area (Å²) in [5.74, 6) is 1.71. The number of benzene rings is 1. The van der Waals surface area contributed by atoms with Gasteiger partial charge in [-0.1, -0.05) is 42.6 Å². The molecule has 0 spiro atoms. The van der Waals surface area contributed by atoms with Crippen LogP contribution in [0.15, 0.2) is 28.8 Å². The summed E-state index contributed by atoms with van der Waals surface area (Å²) >= 11 is 0. The van der Waals surface area contributed by atoms with Gasteiger partial charge in [0.2, 0.25) is 5.89 Å². The lowest BCUT2D eigenvalue weighted by molar-refractivity contribution is -0.0353. The van der Waals surface area contributed by atoms with Gasteiger partial charge in [0.05, 0.1) is 19.3 Å². The Morgan fingerprint density at radius 2 is 2.00 bits per heavy atom. The molecule has 1 atom stereocenters. The highest BCUT2D eigenvalue weighted by Gasteiger charge is 2.26. The van der Waals surface area contributed by atoms with Crippen LogP contribution in [0.2, 0.25) is 0 Å². The Balaban J connectivity index is 1.39. The van der Waals surface area contributed by atoms with E-state index in [2.05, 4.69) is 15.0 Å². The van der Waals surface area contributed by atoms with Crippen LogP contribution in [0.5, 0.6) is 0 Å². The van der Waals surface area contributed by atoms with Crippen LogP contribution < -0.4 is 0 Å². The van der Waals surface area contributed by atoms with Gasteiger partial charge >= 0.3 is 0 Å². The summed E-state index contributed by atoms with van der Waals surface area (Å²) in [5, 5.41) is 4.16. The molecule has 1 unspecified atom stereocenters. The first-order valence-electron chi connectivity index (χ1n) is 9.20. The molecule has 25 heavy (non-hydrogen) atoms. The highest BCUT2D eigenvalue weighted by Crippen LogP contribution is 2.31. The van der Waals surface area contributed by atoms with Crippen LogP contribution in [0.4, 0.5) is 4.39 Å². The molecule has 1 saturated carbocycles. The lowest BCUT2D eigenvalue weighted by Crippen LogP contribution is -2.38. The lowest BCUT2D eigenvalue weighted by atomic mass is 9.89. The van der Waals surface area contributed by atoms with E-state index in [1.165, 1.54) is 25.3 Å². The SMILES string of the molecule is Fc1ccccc1C1CN(Cc2noc(C3CCCCC3)n2)CCO1. The Hall–Kier alpha value is -1.79. The molecule has 134 valence electrons. The van der Waals surface area contributed by atoms with Crippen molar-refractivity contribution >= 4 is 0 Å². The fourth-order valence-corrected chi connectivity index (χ4v) is 3.82. The monoisotopic (exact) mass is 345 g/mol. The minimum Gasteiger partial charge on any atom is -0.371 e. The topological polar surface area (TPSA) is 51.4 Å². The predicted molar refractivity (Wildman–Crippen MR) is 90.5 cm³/mol. The summed E-state index contributed by atoms with van der Waals surface area (Å²) in [6, 6.07) is 6.81. The molecule has 2 aromatic rings. The maximum atomic E-state index is 14.0. The highest BCUT2D eigenvalue weighted by atomic mass is 19.1. The van der Waals surface area contributed by atoms with Gasteiger partial charge in [0, 0.05) is 24.6 Å². The van der Waals surface area contributed by atoms with Gasteiger partial charge in [0.25, 0.3) is 0 Å². The van der Waals surface area contributed by atoms with E-state index >= 15 is 0 Å². The first-order chi connectivity index (χ1) is 12.3. The Bertz CT molecular complexity index is 699. The van der Waals surface area contributed by atoms with Gasteiger partial charge in [0.15, 0.2) is 5.82 Å². The van der Waals surface area contributed by atoms with E-state index < -0.39 is 0 Å². The normalized spacial score (nSPS) is 23.0. The van der Waals surface area contributed by atoms with Gasteiger partial charge in [-0.25, -0.2) is 4.39 Å². The minimum atomic E-state index is -0.250. The summed E-state index contributed by atoms with van der Waals surface area (Å²) in [5.41, 5.74) is 0.614. The van der Waals surface area contributed by atoms with Crippen LogP contribution >= 0.6 is 0 Å². The van der Waals surface area contributed by atoms with Crippen molar-refractivity contribution in [3.8, 4) is 0 Å². The van der Waals surface area contributed by atoms with E-state index in [1.54, 1.807) is 12.1 Å². The minimum absolute atomic E-state index is 0.214. The Labute approximate surface area is 147 Å². The molecule has 6 heteroatoms. The second-order valence-electron chi connectivity index (χ2n) is 7.00. The summed E-state index contributed by atoms with van der Waals surface area (Å²) in [4.78, 5) is 6.81. The molecular weight excluding hydrogens is 321 g/mol. The molecule has 0 N–H and O–H groups in total. The maximum absolute atomic E-state index is 14.0. The molecule has 1 aromatic heterocycles. The summed E-state index contributed by atoms with van der Waals surface area (Å²) in [6.45, 7) is 2.61. The average Bonchev–Trinajstić information content (AvgIpc) is 3.12. The summed E-state index contributed by atoms with van der Waals surface area (Å²) < 4.78 is 25.3. The van der Waals surface area contributed by atoms with E-state index in [0.717, 1.165) is 31.1 Å². The Morgan fingerprint density at radius 1 is 1.16 bits per heavy atom. The smallest absolute Gasteiger partial charge is 0.229 e. The molecule has 0 bridgehead atoms. The molecule has 1 saturated heterocycles. The Morgan fingerprint density at radius 3 is 2.84 bits per heavy atom. The lowest BCUT2D eigenvalue weighted by Gasteiger charge is -2.32. The molecule has 1 aromatic carbocycles. The number of hydrogen-bond acceptors (Lipinski definition) is 5. The third-order valence-electron chi connectivity index (χ3n) is 5.21. The summed E-state index contributed by atoms with van der Waals surface area (Å²) in [6.07, 6.45) is 5.85. The van der Waals surface area contributed by atoms with Crippen molar-refractivity contribution in [3.05, 3.63) is 47.4 Å². The zero-order valence-corrected chi connectivity index (χ0v) is 14.4. The first-order valence-corrected chi connectivity index (χ1v) is 9.20. The number of aromatic nitrogens is 2. The van der Waals surface area contributed by atoms with E-state index in [9.17, 15) is 4.39 Å². The molecule has 1 aliphatic carbocycles. The molecule has 1 aliphatic heterocycles. The van der Waals surface area contributed by atoms with Crippen molar-refractivity contribution < 1.29 is 13.7 Å². The third kappa shape index (κ3) is 3.90. The second kappa shape index (κ2) is 7.62. The van der Waals surface area contributed by atoms with Crippen LogP contribution in [0.25, 0.3) is 0 Å². The Kier molecular flexibility index (Phi) is 5.08. The third-order valence-corrected chi connectivity index (χ3v) is 5.21. The molecule has 2 heterocycles. The van der Waals surface area contributed by atoms with Gasteiger partial charge in [-0.05, 0) is 18.9 Å². The maximum Gasteiger partial charge on any atom is 0.229 e. The van der Waals surface area contributed by atoms with Crippen molar-refractivity contribution in [2.75, 3.05) is 19.7 Å². The van der Waals surface area contributed by atoms with Crippen molar-refractivity contribution in [2.45, 2.75) is 50.7 Å². The quantitative estimate of drug-likeness (QED) is 0.843. The summed E-state index contributed by atoms with van der Waals surface area (Å²) in [7, 11) is 0. The number of halogens is 1. The van der Waals surface area contributed by atoms with Gasteiger partial charge in [-0.15, -0.1) is 0 Å². The average molecular weight is 345 g/mol. The molecule has 4 rings (SSSR count). The first kappa shape index (κ1) is 16.7. The van der Waals surface area contributed by atoms with E-state index in [0.29, 0.717) is 31.2 Å². The standard InChI is InChI=1S/C19H24FN3O2/c20-16-9-5-4-8-15(16)17-12-23(10-11-24-17)13-18-21-19(25-22-18)14-6-2-1-3-7-14/h4-5,8-9,14,17H,1-3,6-7,10-13H2. The van der Waals surface area contributed by atoms with Crippen LogP contribution in [0.3, 0.4) is 0 Å². The van der Waals surface area contributed by atoms with Gasteiger partial charge in [-0.2, -0.15) is 4.98 Å². The molecule has 2 aliphatic rings. The van der Waals surface area contributed by atoms with Crippen molar-refractivity contribution in [1.29, 1.82) is 0 Å². The number of ether oxygens (including phenoxy) is 1. The number of hydrogen-bond donors (Lipinski definition) is 0. The zero-order valence-electron chi connectivity index (χ0n) is 14.4. The van der Waals surface area contributed by atoms with Crippen LogP contribution in [-0.2, 0) is 11.3 Å². The fourth-order valence-electron chi connectivity index (χ4n) is 3.82. The van der Waals surface area contributed by atoms with Crippen LogP contribution in [0.1, 0.15) is 61.4 Å². The van der Waals surface area contributed by atoms with Crippen molar-refractivity contribution in [2.24, 2.45) is 0 Å². The molecule has 5 nitrogen and oxygen atoms in total. The molecule has 2 fully saturated rings. The molecule has 0 radical (unpaired) electrons.